The lowest BCUT2D eigenvalue weighted by Crippen LogP contribution is -2.56. The van der Waals surface area contributed by atoms with Gasteiger partial charge in [-0.2, -0.15) is 0 Å². The van der Waals surface area contributed by atoms with E-state index in [-0.39, 0.29) is 5.54 Å². The second-order valence-electron chi connectivity index (χ2n) is 6.33. The van der Waals surface area contributed by atoms with Crippen LogP contribution in [-0.4, -0.2) is 55.9 Å². The van der Waals surface area contributed by atoms with Crippen LogP contribution in [-0.2, 0) is 4.74 Å². The van der Waals surface area contributed by atoms with Gasteiger partial charge in [-0.05, 0) is 39.2 Å². The van der Waals surface area contributed by atoms with E-state index in [9.17, 15) is 0 Å². The third-order valence-electron chi connectivity index (χ3n) is 4.63. The SMILES string of the molecule is CC(C)(CNC1CCCC1CN)N1CCOCC1. The van der Waals surface area contributed by atoms with E-state index in [0.29, 0.717) is 12.0 Å². The molecule has 3 N–H and O–H groups in total. The van der Waals surface area contributed by atoms with Gasteiger partial charge in [-0.15, -0.1) is 0 Å². The number of hydrogen-bond acceptors (Lipinski definition) is 4. The Morgan fingerprint density at radius 1 is 1.28 bits per heavy atom. The molecule has 1 aliphatic heterocycles. The highest BCUT2D eigenvalue weighted by Crippen LogP contribution is 2.25. The molecule has 1 saturated heterocycles. The molecule has 1 heterocycles. The molecule has 4 heteroatoms. The molecule has 1 saturated carbocycles. The Balaban J connectivity index is 1.80. The first-order valence-electron chi connectivity index (χ1n) is 7.40. The molecule has 0 aromatic heterocycles. The number of hydrogen-bond donors (Lipinski definition) is 2. The Hall–Kier alpha value is -0.160. The lowest BCUT2D eigenvalue weighted by Gasteiger charge is -2.41. The molecule has 2 fully saturated rings. The average Bonchev–Trinajstić information content (AvgIpc) is 2.85. The molecule has 0 amide bonds. The average molecular weight is 255 g/mol. The third kappa shape index (κ3) is 3.44. The Bertz CT molecular complexity index is 251. The Morgan fingerprint density at radius 2 is 2.00 bits per heavy atom. The highest BCUT2D eigenvalue weighted by molar-refractivity contribution is 4.90. The van der Waals surface area contributed by atoms with Crippen molar-refractivity contribution in [1.82, 2.24) is 10.2 Å². The molecule has 0 aromatic carbocycles. The topological polar surface area (TPSA) is 50.5 Å². The van der Waals surface area contributed by atoms with Crippen LogP contribution in [0.1, 0.15) is 33.1 Å². The summed E-state index contributed by atoms with van der Waals surface area (Å²) in [4.78, 5) is 2.54. The summed E-state index contributed by atoms with van der Waals surface area (Å²) in [5, 5.41) is 3.76. The second-order valence-corrected chi connectivity index (χ2v) is 6.33. The van der Waals surface area contributed by atoms with Crippen LogP contribution in [0.5, 0.6) is 0 Å². The summed E-state index contributed by atoms with van der Waals surface area (Å²) in [6.07, 6.45) is 3.92. The molecule has 0 spiro atoms. The highest BCUT2D eigenvalue weighted by Gasteiger charge is 2.31. The number of nitrogens with zero attached hydrogens (tertiary/aromatic N) is 1. The van der Waals surface area contributed by atoms with E-state index in [1.807, 2.05) is 0 Å². The molecule has 2 atom stereocenters. The van der Waals surface area contributed by atoms with Crippen molar-refractivity contribution in [3.63, 3.8) is 0 Å². The first kappa shape index (κ1) is 14.3. The maximum Gasteiger partial charge on any atom is 0.0594 e. The van der Waals surface area contributed by atoms with Gasteiger partial charge in [0.1, 0.15) is 0 Å². The van der Waals surface area contributed by atoms with Gasteiger partial charge >= 0.3 is 0 Å². The summed E-state index contributed by atoms with van der Waals surface area (Å²) in [6, 6.07) is 0.635. The van der Waals surface area contributed by atoms with Crippen molar-refractivity contribution in [1.29, 1.82) is 0 Å². The zero-order valence-electron chi connectivity index (χ0n) is 12.0. The normalized spacial score (nSPS) is 30.8. The van der Waals surface area contributed by atoms with Crippen molar-refractivity contribution >= 4 is 0 Å². The smallest absolute Gasteiger partial charge is 0.0594 e. The highest BCUT2D eigenvalue weighted by atomic mass is 16.5. The number of nitrogens with two attached hydrogens (primary N) is 1. The fourth-order valence-electron chi connectivity index (χ4n) is 3.25. The fourth-order valence-corrected chi connectivity index (χ4v) is 3.25. The van der Waals surface area contributed by atoms with Crippen LogP contribution in [0.3, 0.4) is 0 Å². The summed E-state index contributed by atoms with van der Waals surface area (Å²) < 4.78 is 5.43. The predicted octanol–water partition coefficient (Wildman–Crippen LogP) is 0.814. The van der Waals surface area contributed by atoms with Crippen molar-refractivity contribution in [3.8, 4) is 0 Å². The van der Waals surface area contributed by atoms with Crippen molar-refractivity contribution in [3.05, 3.63) is 0 Å². The second kappa shape index (κ2) is 6.33. The molecule has 18 heavy (non-hydrogen) atoms. The minimum absolute atomic E-state index is 0.214. The lowest BCUT2D eigenvalue weighted by molar-refractivity contribution is -0.0106. The molecule has 0 aromatic rings. The predicted molar refractivity (Wildman–Crippen MR) is 74.7 cm³/mol. The van der Waals surface area contributed by atoms with Crippen molar-refractivity contribution in [2.75, 3.05) is 39.4 Å². The van der Waals surface area contributed by atoms with Gasteiger partial charge in [-0.1, -0.05) is 6.42 Å². The van der Waals surface area contributed by atoms with Crippen molar-refractivity contribution in [2.24, 2.45) is 11.7 Å². The summed E-state index contributed by atoms with van der Waals surface area (Å²) in [5.41, 5.74) is 6.05. The molecule has 2 aliphatic rings. The lowest BCUT2D eigenvalue weighted by atomic mass is 9.99. The summed E-state index contributed by atoms with van der Waals surface area (Å²) in [6.45, 7) is 10.4. The van der Waals surface area contributed by atoms with Crippen LogP contribution in [0.2, 0.25) is 0 Å². The first-order valence-corrected chi connectivity index (χ1v) is 7.40. The van der Waals surface area contributed by atoms with E-state index in [1.165, 1.54) is 19.3 Å². The molecular formula is C14H29N3O. The zero-order valence-corrected chi connectivity index (χ0v) is 12.0. The largest absolute Gasteiger partial charge is 0.379 e. The molecule has 2 rings (SSSR count). The van der Waals surface area contributed by atoms with Crippen LogP contribution >= 0.6 is 0 Å². The van der Waals surface area contributed by atoms with Gasteiger partial charge in [-0.25, -0.2) is 0 Å². The number of morpholine rings is 1. The van der Waals surface area contributed by atoms with Gasteiger partial charge in [0, 0.05) is 31.2 Å². The standard InChI is InChI=1S/C14H29N3O/c1-14(2,17-6-8-18-9-7-17)11-16-13-5-3-4-12(13)10-15/h12-13,16H,3-11,15H2,1-2H3. The first-order chi connectivity index (χ1) is 8.63. The van der Waals surface area contributed by atoms with Crippen LogP contribution in [0.15, 0.2) is 0 Å². The van der Waals surface area contributed by atoms with Gasteiger partial charge < -0.3 is 15.8 Å². The van der Waals surface area contributed by atoms with E-state index < -0.39 is 0 Å². The molecule has 2 unspecified atom stereocenters. The van der Waals surface area contributed by atoms with Crippen LogP contribution in [0.25, 0.3) is 0 Å². The van der Waals surface area contributed by atoms with Crippen LogP contribution in [0.4, 0.5) is 0 Å². The summed E-state index contributed by atoms with van der Waals surface area (Å²) in [5.74, 6) is 0.686. The molecule has 0 radical (unpaired) electrons. The van der Waals surface area contributed by atoms with Gasteiger partial charge in [0.15, 0.2) is 0 Å². The van der Waals surface area contributed by atoms with Crippen LogP contribution < -0.4 is 11.1 Å². The number of nitrogens with one attached hydrogen (secondary N) is 1. The Morgan fingerprint density at radius 3 is 2.67 bits per heavy atom. The van der Waals surface area contributed by atoms with E-state index in [1.54, 1.807) is 0 Å². The molecule has 4 nitrogen and oxygen atoms in total. The fraction of sp³-hybridized carbons (Fsp3) is 1.00. The third-order valence-corrected chi connectivity index (χ3v) is 4.63. The Labute approximate surface area is 111 Å². The van der Waals surface area contributed by atoms with Crippen LogP contribution in [0, 0.1) is 5.92 Å². The molecule has 1 aliphatic carbocycles. The summed E-state index contributed by atoms with van der Waals surface area (Å²) in [7, 11) is 0. The van der Waals surface area contributed by atoms with E-state index in [2.05, 4.69) is 24.1 Å². The maximum atomic E-state index is 5.84. The maximum absolute atomic E-state index is 5.84. The Kier molecular flexibility index (Phi) is 5.01. The van der Waals surface area contributed by atoms with E-state index in [0.717, 1.165) is 39.4 Å². The monoisotopic (exact) mass is 255 g/mol. The van der Waals surface area contributed by atoms with Gasteiger partial charge in [0.2, 0.25) is 0 Å². The van der Waals surface area contributed by atoms with E-state index in [4.69, 9.17) is 10.5 Å². The number of ether oxygens (including phenoxy) is 1. The van der Waals surface area contributed by atoms with Crippen molar-refractivity contribution < 1.29 is 4.74 Å². The van der Waals surface area contributed by atoms with Gasteiger partial charge in [0.25, 0.3) is 0 Å². The molecule has 106 valence electrons. The minimum Gasteiger partial charge on any atom is -0.379 e. The van der Waals surface area contributed by atoms with Gasteiger partial charge in [0.05, 0.1) is 13.2 Å². The minimum atomic E-state index is 0.214. The van der Waals surface area contributed by atoms with Crippen molar-refractivity contribution in [2.45, 2.75) is 44.7 Å². The quantitative estimate of drug-likeness (QED) is 0.763. The number of rotatable bonds is 5. The molecular weight excluding hydrogens is 226 g/mol. The van der Waals surface area contributed by atoms with E-state index >= 15 is 0 Å². The zero-order chi connectivity index (χ0) is 13.0. The summed E-state index contributed by atoms with van der Waals surface area (Å²) >= 11 is 0. The van der Waals surface area contributed by atoms with Gasteiger partial charge in [-0.3, -0.25) is 4.90 Å². The molecule has 0 bridgehead atoms.